The smallest absolute Gasteiger partial charge is 0.242 e. The third-order valence-corrected chi connectivity index (χ3v) is 7.69. The number of likely N-dealkylation sites (tertiary alicyclic amines) is 1. The molecule has 0 saturated carbocycles. The van der Waals surface area contributed by atoms with Crippen LogP contribution in [0.25, 0.3) is 0 Å². The summed E-state index contributed by atoms with van der Waals surface area (Å²) in [5, 5.41) is 0. The molecule has 8 heteroatoms. The zero-order valence-corrected chi connectivity index (χ0v) is 19.7. The summed E-state index contributed by atoms with van der Waals surface area (Å²) in [5.41, 5.74) is 2.26. The number of amides is 1. The number of carbonyl (C=O) groups excluding carboxylic acids is 1. The Balaban J connectivity index is 1.43. The van der Waals surface area contributed by atoms with E-state index in [-0.39, 0.29) is 29.9 Å². The van der Waals surface area contributed by atoms with E-state index in [4.69, 9.17) is 4.74 Å². The molecule has 174 valence electrons. The Labute approximate surface area is 190 Å². The molecule has 6 nitrogen and oxygen atoms in total. The Kier molecular flexibility index (Phi) is 7.90. The van der Waals surface area contributed by atoms with E-state index in [0.29, 0.717) is 19.5 Å². The van der Waals surface area contributed by atoms with Gasteiger partial charge in [0.15, 0.2) is 0 Å². The second kappa shape index (κ2) is 10.4. The molecule has 3 rings (SSSR count). The van der Waals surface area contributed by atoms with Gasteiger partial charge in [-0.3, -0.25) is 4.79 Å². The Hall–Kier alpha value is -2.45. The molecular weight excluding hydrogens is 431 g/mol. The Morgan fingerprint density at radius 2 is 1.78 bits per heavy atom. The van der Waals surface area contributed by atoms with E-state index in [1.807, 2.05) is 24.8 Å². The zero-order valence-electron chi connectivity index (χ0n) is 18.9. The molecule has 1 heterocycles. The van der Waals surface area contributed by atoms with Gasteiger partial charge in [0.1, 0.15) is 17.7 Å². The largest absolute Gasteiger partial charge is 0.490 e. The highest BCUT2D eigenvalue weighted by Gasteiger charge is 2.25. The first-order valence-corrected chi connectivity index (χ1v) is 12.3. The van der Waals surface area contributed by atoms with Crippen LogP contribution in [-0.2, 0) is 14.8 Å². The lowest BCUT2D eigenvalue weighted by Crippen LogP contribution is -2.42. The minimum absolute atomic E-state index is 0.0303. The average Bonchev–Trinajstić information content (AvgIpc) is 2.77. The van der Waals surface area contributed by atoms with Gasteiger partial charge in [0.25, 0.3) is 0 Å². The summed E-state index contributed by atoms with van der Waals surface area (Å²) in [5.74, 6) is 0.448. The summed E-state index contributed by atoms with van der Waals surface area (Å²) in [7, 11) is -2.23. The van der Waals surface area contributed by atoms with E-state index >= 15 is 0 Å². The van der Waals surface area contributed by atoms with Crippen molar-refractivity contribution in [2.45, 2.75) is 50.5 Å². The van der Waals surface area contributed by atoms with Gasteiger partial charge in [-0.05, 0) is 61.7 Å². The van der Waals surface area contributed by atoms with Crippen LogP contribution in [0.5, 0.6) is 5.75 Å². The van der Waals surface area contributed by atoms with Gasteiger partial charge in [-0.2, -0.15) is 0 Å². The highest BCUT2D eigenvalue weighted by molar-refractivity contribution is 7.89. The maximum Gasteiger partial charge on any atom is 0.242 e. The van der Waals surface area contributed by atoms with Gasteiger partial charge in [-0.25, -0.2) is 17.1 Å². The number of halogens is 1. The predicted octanol–water partition coefficient (Wildman–Crippen LogP) is 3.91. The number of benzene rings is 2. The lowest BCUT2D eigenvalue weighted by Gasteiger charge is -2.32. The molecule has 1 amide bonds. The van der Waals surface area contributed by atoms with Crippen LogP contribution in [0, 0.1) is 19.7 Å². The third kappa shape index (κ3) is 6.07. The van der Waals surface area contributed by atoms with E-state index in [9.17, 15) is 17.6 Å². The summed E-state index contributed by atoms with van der Waals surface area (Å²) in [4.78, 5) is 14.4. The number of nitrogens with zero attached hydrogens (tertiary/aromatic N) is 2. The Morgan fingerprint density at radius 1 is 1.12 bits per heavy atom. The molecule has 0 atom stereocenters. The summed E-state index contributed by atoms with van der Waals surface area (Å²) in [6.07, 6.45) is 2.35. The molecule has 0 N–H and O–H groups in total. The molecule has 1 fully saturated rings. The van der Waals surface area contributed by atoms with Crippen LogP contribution in [0.1, 0.15) is 36.8 Å². The monoisotopic (exact) mass is 462 g/mol. The van der Waals surface area contributed by atoms with Gasteiger partial charge < -0.3 is 9.64 Å². The van der Waals surface area contributed by atoms with E-state index in [1.54, 1.807) is 0 Å². The predicted molar refractivity (Wildman–Crippen MR) is 122 cm³/mol. The molecule has 0 aromatic heterocycles. The molecule has 0 bridgehead atoms. The van der Waals surface area contributed by atoms with Gasteiger partial charge in [0.2, 0.25) is 15.9 Å². The Morgan fingerprint density at radius 3 is 2.44 bits per heavy atom. The molecule has 32 heavy (non-hydrogen) atoms. The minimum Gasteiger partial charge on any atom is -0.490 e. The standard InChI is InChI=1S/C24H31FN2O4S/c1-18-6-7-19(2)23(17-18)31-21-12-15-27(16-13-21)24(28)5-4-14-26(3)32(29,30)22-10-8-20(25)9-11-22/h6-11,17,21H,4-5,12-16H2,1-3H3. The van der Waals surface area contributed by atoms with Crippen LogP contribution in [0.2, 0.25) is 0 Å². The fourth-order valence-corrected chi connectivity index (χ4v) is 4.96. The molecule has 1 aliphatic heterocycles. The fraction of sp³-hybridized carbons (Fsp3) is 0.458. The number of aryl methyl sites for hydroxylation is 2. The van der Waals surface area contributed by atoms with Crippen molar-refractivity contribution >= 4 is 15.9 Å². The lowest BCUT2D eigenvalue weighted by atomic mass is 10.1. The van der Waals surface area contributed by atoms with Gasteiger partial charge in [0, 0.05) is 45.9 Å². The highest BCUT2D eigenvalue weighted by atomic mass is 32.2. The number of piperidine rings is 1. The van der Waals surface area contributed by atoms with Crippen LogP contribution >= 0.6 is 0 Å². The van der Waals surface area contributed by atoms with E-state index < -0.39 is 15.8 Å². The maximum absolute atomic E-state index is 13.1. The molecular formula is C24H31FN2O4S. The topological polar surface area (TPSA) is 66.9 Å². The SMILES string of the molecule is Cc1ccc(C)c(OC2CCN(C(=O)CCCN(C)S(=O)(=O)c3ccc(F)cc3)CC2)c1. The van der Waals surface area contributed by atoms with Crippen LogP contribution in [0.3, 0.4) is 0 Å². The molecule has 0 spiro atoms. The van der Waals surface area contributed by atoms with Crippen LogP contribution < -0.4 is 4.74 Å². The summed E-state index contributed by atoms with van der Waals surface area (Å²) in [6, 6.07) is 10.9. The molecule has 0 unspecified atom stereocenters. The number of ether oxygens (including phenoxy) is 1. The normalized spacial score (nSPS) is 15.2. The molecule has 1 saturated heterocycles. The first-order valence-electron chi connectivity index (χ1n) is 10.9. The van der Waals surface area contributed by atoms with Gasteiger partial charge in [0.05, 0.1) is 4.90 Å². The number of hydrogen-bond acceptors (Lipinski definition) is 4. The van der Waals surface area contributed by atoms with E-state index in [2.05, 4.69) is 12.1 Å². The first kappa shape index (κ1) is 24.2. The maximum atomic E-state index is 13.1. The van der Waals surface area contributed by atoms with Gasteiger partial charge >= 0.3 is 0 Å². The zero-order chi connectivity index (χ0) is 23.3. The molecule has 2 aromatic rings. The van der Waals surface area contributed by atoms with Crippen molar-refractivity contribution in [1.82, 2.24) is 9.21 Å². The molecule has 2 aromatic carbocycles. The number of sulfonamides is 1. The first-order chi connectivity index (χ1) is 15.2. The van der Waals surface area contributed by atoms with Crippen LogP contribution in [0.15, 0.2) is 47.4 Å². The van der Waals surface area contributed by atoms with Crippen molar-refractivity contribution in [2.75, 3.05) is 26.7 Å². The molecule has 0 aliphatic carbocycles. The van der Waals surface area contributed by atoms with Crippen molar-refractivity contribution in [3.8, 4) is 5.75 Å². The van der Waals surface area contributed by atoms with Gasteiger partial charge in [-0.1, -0.05) is 12.1 Å². The van der Waals surface area contributed by atoms with Crippen LogP contribution in [0.4, 0.5) is 4.39 Å². The average molecular weight is 463 g/mol. The summed E-state index contributed by atoms with van der Waals surface area (Å²) in [6.45, 7) is 5.56. The molecule has 1 aliphatic rings. The summed E-state index contributed by atoms with van der Waals surface area (Å²) >= 11 is 0. The number of rotatable bonds is 8. The second-order valence-electron chi connectivity index (χ2n) is 8.35. The van der Waals surface area contributed by atoms with Crippen molar-refractivity contribution in [1.29, 1.82) is 0 Å². The lowest BCUT2D eigenvalue weighted by molar-refractivity contribution is -0.133. The number of hydrogen-bond donors (Lipinski definition) is 0. The van der Waals surface area contributed by atoms with E-state index in [1.165, 1.54) is 23.5 Å². The van der Waals surface area contributed by atoms with E-state index in [0.717, 1.165) is 41.9 Å². The number of carbonyl (C=O) groups is 1. The van der Waals surface area contributed by atoms with Gasteiger partial charge in [-0.15, -0.1) is 0 Å². The highest BCUT2D eigenvalue weighted by Crippen LogP contribution is 2.24. The molecule has 0 radical (unpaired) electrons. The van der Waals surface area contributed by atoms with Crippen molar-refractivity contribution in [2.24, 2.45) is 0 Å². The third-order valence-electron chi connectivity index (χ3n) is 5.82. The quantitative estimate of drug-likeness (QED) is 0.597. The minimum atomic E-state index is -3.70. The van der Waals surface area contributed by atoms with Crippen LogP contribution in [-0.4, -0.2) is 56.3 Å². The summed E-state index contributed by atoms with van der Waals surface area (Å²) < 4.78 is 45.5. The van der Waals surface area contributed by atoms with Crippen molar-refractivity contribution in [3.05, 3.63) is 59.4 Å². The second-order valence-corrected chi connectivity index (χ2v) is 10.4. The van der Waals surface area contributed by atoms with Crippen molar-refractivity contribution in [3.63, 3.8) is 0 Å². The Bertz CT molecular complexity index is 1030. The fourth-order valence-electron chi connectivity index (χ4n) is 3.75. The van der Waals surface area contributed by atoms with Crippen molar-refractivity contribution < 1.29 is 22.3 Å².